The topological polar surface area (TPSA) is 103 Å². The van der Waals surface area contributed by atoms with Crippen molar-refractivity contribution in [1.82, 2.24) is 4.90 Å². The van der Waals surface area contributed by atoms with Crippen LogP contribution in [-0.2, 0) is 9.59 Å². The predicted octanol–water partition coefficient (Wildman–Crippen LogP) is 4.13. The fourth-order valence-corrected chi connectivity index (χ4v) is 4.17. The van der Waals surface area contributed by atoms with Gasteiger partial charge in [-0.25, -0.2) is 0 Å². The van der Waals surface area contributed by atoms with Crippen molar-refractivity contribution in [2.45, 2.75) is 13.5 Å². The second kappa shape index (κ2) is 10.6. The lowest BCUT2D eigenvalue weighted by Gasteiger charge is -2.19. The van der Waals surface area contributed by atoms with E-state index >= 15 is 0 Å². The fourth-order valence-electron chi connectivity index (χ4n) is 3.33. The first-order chi connectivity index (χ1) is 16.8. The summed E-state index contributed by atoms with van der Waals surface area (Å²) in [6, 6.07) is 9.02. The van der Waals surface area contributed by atoms with Crippen LogP contribution in [0.3, 0.4) is 0 Å². The van der Waals surface area contributed by atoms with Crippen molar-refractivity contribution in [3.05, 3.63) is 46.9 Å². The molecule has 0 radical (unpaired) electrons. The van der Waals surface area contributed by atoms with Crippen molar-refractivity contribution < 1.29 is 42.1 Å². The molecule has 35 heavy (non-hydrogen) atoms. The lowest BCUT2D eigenvalue weighted by atomic mass is 10.2. The lowest BCUT2D eigenvalue weighted by Crippen LogP contribution is -2.36. The largest absolute Gasteiger partial charge is 0.490 e. The van der Waals surface area contributed by atoms with Crippen molar-refractivity contribution >= 4 is 40.6 Å². The van der Waals surface area contributed by atoms with E-state index in [2.05, 4.69) is 10.1 Å². The number of hydrogen-bond acceptors (Lipinski definition) is 8. The Balaban J connectivity index is 1.44. The van der Waals surface area contributed by atoms with E-state index in [1.807, 2.05) is 0 Å². The molecule has 0 unspecified atom stereocenters. The average molecular weight is 506 g/mol. The number of benzene rings is 2. The summed E-state index contributed by atoms with van der Waals surface area (Å²) in [6.07, 6.45) is 1.41. The molecule has 3 amide bonds. The number of ether oxygens (including phenoxy) is 4. The molecule has 0 aromatic heterocycles. The van der Waals surface area contributed by atoms with Gasteiger partial charge in [0.2, 0.25) is 5.91 Å². The number of anilines is 1. The molecule has 184 valence electrons. The average Bonchev–Trinajstić information content (AvgIpc) is 3.07. The van der Waals surface area contributed by atoms with E-state index in [1.54, 1.807) is 25.1 Å². The van der Waals surface area contributed by atoms with Crippen molar-refractivity contribution in [2.24, 2.45) is 0 Å². The minimum Gasteiger partial charge on any atom is -0.490 e. The number of carbonyl (C=O) groups excluding carboxylic acids is 3. The van der Waals surface area contributed by atoms with E-state index in [4.69, 9.17) is 14.2 Å². The van der Waals surface area contributed by atoms with Crippen LogP contribution in [0.15, 0.2) is 41.3 Å². The van der Waals surface area contributed by atoms with Gasteiger partial charge in [-0.15, -0.1) is 0 Å². The van der Waals surface area contributed by atoms with Gasteiger partial charge >= 0.3 is 6.61 Å². The molecule has 1 N–H and O–H groups in total. The molecule has 0 atom stereocenters. The summed E-state index contributed by atoms with van der Waals surface area (Å²) in [5.74, 6) is -0.255. The van der Waals surface area contributed by atoms with Gasteiger partial charge in [-0.2, -0.15) is 8.78 Å². The molecule has 2 aliphatic rings. The number of carbonyl (C=O) groups is 3. The van der Waals surface area contributed by atoms with Gasteiger partial charge in [0.15, 0.2) is 23.0 Å². The molecule has 9 nitrogen and oxygen atoms in total. The molecule has 0 saturated carbocycles. The first-order valence-corrected chi connectivity index (χ1v) is 11.3. The molecule has 1 fully saturated rings. The highest BCUT2D eigenvalue weighted by atomic mass is 32.2. The van der Waals surface area contributed by atoms with Crippen LogP contribution >= 0.6 is 11.8 Å². The monoisotopic (exact) mass is 506 g/mol. The van der Waals surface area contributed by atoms with Gasteiger partial charge in [0, 0.05) is 11.8 Å². The fraction of sp³-hybridized carbons (Fsp3) is 0.261. The van der Waals surface area contributed by atoms with Gasteiger partial charge in [0.1, 0.15) is 19.8 Å². The number of imide groups is 1. The third-order valence-corrected chi connectivity index (χ3v) is 5.69. The molecular formula is C23H20F2N2O7S. The van der Waals surface area contributed by atoms with Crippen molar-refractivity contribution in [1.29, 1.82) is 0 Å². The number of nitrogens with one attached hydrogen (secondary N) is 1. The Bertz CT molecular complexity index is 1190. The quantitative estimate of drug-likeness (QED) is 0.533. The zero-order valence-electron chi connectivity index (χ0n) is 18.4. The molecule has 4 rings (SSSR count). The molecule has 1 saturated heterocycles. The number of alkyl halides is 2. The zero-order chi connectivity index (χ0) is 24.9. The maximum Gasteiger partial charge on any atom is 0.387 e. The summed E-state index contributed by atoms with van der Waals surface area (Å²) in [4.78, 5) is 38.5. The highest BCUT2D eigenvalue weighted by Gasteiger charge is 2.36. The molecule has 0 spiro atoms. The molecular weight excluding hydrogens is 486 g/mol. The first-order valence-electron chi connectivity index (χ1n) is 10.5. The van der Waals surface area contributed by atoms with E-state index in [0.717, 1.165) is 4.90 Å². The van der Waals surface area contributed by atoms with Gasteiger partial charge < -0.3 is 24.3 Å². The predicted molar refractivity (Wildman–Crippen MR) is 123 cm³/mol. The summed E-state index contributed by atoms with van der Waals surface area (Å²) in [7, 11) is 0. The van der Waals surface area contributed by atoms with Crippen molar-refractivity contribution in [3.63, 3.8) is 0 Å². The Morgan fingerprint density at radius 2 is 1.91 bits per heavy atom. The SMILES string of the molecule is CCOc1cc(/C=C2\SC(=O)N(CC(=O)Nc3ccc4c(c3)OCCO4)C2=O)ccc1OC(F)F. The normalized spacial score (nSPS) is 16.1. The van der Waals surface area contributed by atoms with Crippen LogP contribution in [0.25, 0.3) is 6.08 Å². The van der Waals surface area contributed by atoms with E-state index in [-0.39, 0.29) is 23.0 Å². The number of rotatable bonds is 8. The molecule has 0 bridgehead atoms. The highest BCUT2D eigenvalue weighted by molar-refractivity contribution is 8.18. The Labute approximate surface area is 203 Å². The standard InChI is InChI=1S/C23H20F2N2O7S/c1-2-31-17-9-13(3-5-16(17)34-22(24)25)10-19-21(29)27(23(30)35-19)12-20(28)26-14-4-6-15-18(11-14)33-8-7-32-15/h3-6,9-11,22H,2,7-8,12H2,1H3,(H,26,28)/b19-10-. The van der Waals surface area contributed by atoms with Crippen molar-refractivity contribution in [3.8, 4) is 23.0 Å². The smallest absolute Gasteiger partial charge is 0.387 e. The van der Waals surface area contributed by atoms with E-state index in [0.29, 0.717) is 47.7 Å². The maximum atomic E-state index is 12.8. The summed E-state index contributed by atoms with van der Waals surface area (Å²) in [5.41, 5.74) is 0.859. The third-order valence-electron chi connectivity index (χ3n) is 4.78. The molecule has 2 aromatic carbocycles. The summed E-state index contributed by atoms with van der Waals surface area (Å²) in [6.45, 7) is -0.794. The van der Waals surface area contributed by atoms with E-state index in [1.165, 1.54) is 24.3 Å². The van der Waals surface area contributed by atoms with Crippen LogP contribution in [0.4, 0.5) is 19.3 Å². The molecule has 2 aliphatic heterocycles. The van der Waals surface area contributed by atoms with Crippen LogP contribution in [0.2, 0.25) is 0 Å². The van der Waals surface area contributed by atoms with Gasteiger partial charge in [-0.3, -0.25) is 19.3 Å². The first kappa shape index (κ1) is 24.3. The second-order valence-electron chi connectivity index (χ2n) is 7.19. The van der Waals surface area contributed by atoms with Gasteiger partial charge in [-0.05, 0) is 54.6 Å². The Morgan fingerprint density at radius 1 is 1.14 bits per heavy atom. The molecule has 0 aliphatic carbocycles. The van der Waals surface area contributed by atoms with Gasteiger partial charge in [0.25, 0.3) is 11.1 Å². The minimum atomic E-state index is -3.02. The minimum absolute atomic E-state index is 0.0691. The highest BCUT2D eigenvalue weighted by Crippen LogP contribution is 2.36. The van der Waals surface area contributed by atoms with E-state index in [9.17, 15) is 23.2 Å². The number of nitrogens with zero attached hydrogens (tertiary/aromatic N) is 1. The zero-order valence-corrected chi connectivity index (χ0v) is 19.2. The van der Waals surface area contributed by atoms with Crippen LogP contribution < -0.4 is 24.3 Å². The summed E-state index contributed by atoms with van der Waals surface area (Å²) in [5, 5.41) is 2.02. The molecule has 2 heterocycles. The van der Waals surface area contributed by atoms with Gasteiger partial charge in [-0.1, -0.05) is 6.07 Å². The van der Waals surface area contributed by atoms with E-state index < -0.39 is 30.2 Å². The van der Waals surface area contributed by atoms with Crippen LogP contribution in [-0.4, -0.2) is 54.9 Å². The Kier molecular flexibility index (Phi) is 7.39. The van der Waals surface area contributed by atoms with Crippen LogP contribution in [0, 0.1) is 0 Å². The summed E-state index contributed by atoms with van der Waals surface area (Å²) < 4.78 is 45.9. The Morgan fingerprint density at radius 3 is 2.66 bits per heavy atom. The number of fused-ring (bicyclic) bond motifs is 1. The van der Waals surface area contributed by atoms with Crippen LogP contribution in [0.1, 0.15) is 12.5 Å². The number of amides is 3. The van der Waals surface area contributed by atoms with Crippen LogP contribution in [0.5, 0.6) is 23.0 Å². The number of halogens is 2. The van der Waals surface area contributed by atoms with Gasteiger partial charge in [0.05, 0.1) is 11.5 Å². The Hall–Kier alpha value is -3.80. The van der Waals surface area contributed by atoms with Crippen molar-refractivity contribution in [2.75, 3.05) is 31.7 Å². The summed E-state index contributed by atoms with van der Waals surface area (Å²) >= 11 is 0.668. The molecule has 2 aromatic rings. The second-order valence-corrected chi connectivity index (χ2v) is 8.19. The molecule has 12 heteroatoms. The lowest BCUT2D eigenvalue weighted by molar-refractivity contribution is -0.127. The number of hydrogen-bond donors (Lipinski definition) is 1. The third kappa shape index (κ3) is 5.83. The number of thioether (sulfide) groups is 1. The maximum absolute atomic E-state index is 12.8.